The van der Waals surface area contributed by atoms with Crippen molar-refractivity contribution in [3.8, 4) is 0 Å². The number of nitrogens with zero attached hydrogens (tertiary/aromatic N) is 1. The maximum absolute atomic E-state index is 11.4. The topological polar surface area (TPSA) is 26.3 Å². The fraction of sp³-hybridized carbons (Fsp3) is 1.00. The first-order valence-electron chi connectivity index (χ1n) is 3.19. The van der Waals surface area contributed by atoms with Gasteiger partial charge in [-0.05, 0) is 0 Å². The SMILES string of the molecule is COP(C)(=O)C[N+](C)(C)C. The van der Waals surface area contributed by atoms with Crippen LogP contribution >= 0.6 is 7.37 Å². The normalized spacial score (nSPS) is 18.5. The number of quaternary nitrogens is 1. The first kappa shape index (κ1) is 10.2. The monoisotopic (exact) mass is 166 g/mol. The largest absolute Gasteiger partial charge is 0.328 e. The molecule has 0 aromatic carbocycles. The molecule has 0 fully saturated rings. The minimum atomic E-state index is -2.32. The van der Waals surface area contributed by atoms with Gasteiger partial charge in [0.15, 0.2) is 6.29 Å². The van der Waals surface area contributed by atoms with Gasteiger partial charge in [-0.2, -0.15) is 0 Å². The molecule has 0 aliphatic carbocycles. The van der Waals surface area contributed by atoms with Gasteiger partial charge >= 0.3 is 0 Å². The van der Waals surface area contributed by atoms with Crippen LogP contribution in [0.4, 0.5) is 0 Å². The van der Waals surface area contributed by atoms with E-state index in [-0.39, 0.29) is 0 Å². The Hall–Kier alpha value is 0.150. The fourth-order valence-electron chi connectivity index (χ4n) is 0.828. The summed E-state index contributed by atoms with van der Waals surface area (Å²) in [4.78, 5) is 0. The number of hydrogen-bond donors (Lipinski definition) is 0. The summed E-state index contributed by atoms with van der Waals surface area (Å²) in [6, 6.07) is 0. The summed E-state index contributed by atoms with van der Waals surface area (Å²) in [6.45, 7) is 1.66. The van der Waals surface area contributed by atoms with Crippen LogP contribution in [0, 0.1) is 0 Å². The van der Waals surface area contributed by atoms with Crippen molar-refractivity contribution in [2.75, 3.05) is 41.2 Å². The molecule has 0 saturated carbocycles. The smallest absolute Gasteiger partial charge is 0.252 e. The zero-order valence-electron chi connectivity index (χ0n) is 7.42. The van der Waals surface area contributed by atoms with Gasteiger partial charge in [0.2, 0.25) is 0 Å². The van der Waals surface area contributed by atoms with Crippen molar-refractivity contribution in [2.24, 2.45) is 0 Å². The Morgan fingerprint density at radius 1 is 1.40 bits per heavy atom. The quantitative estimate of drug-likeness (QED) is 0.465. The molecule has 0 N–H and O–H groups in total. The third kappa shape index (κ3) is 4.98. The summed E-state index contributed by atoms with van der Waals surface area (Å²) in [5.41, 5.74) is 0. The van der Waals surface area contributed by atoms with Gasteiger partial charge in [-0.25, -0.2) is 0 Å². The second-order valence-corrected chi connectivity index (χ2v) is 6.30. The Kier molecular flexibility index (Phi) is 3.08. The first-order valence-corrected chi connectivity index (χ1v) is 5.45. The molecule has 0 aromatic heterocycles. The molecule has 0 spiro atoms. The van der Waals surface area contributed by atoms with E-state index in [9.17, 15) is 4.57 Å². The minimum Gasteiger partial charge on any atom is -0.328 e. The molecule has 0 aliphatic heterocycles. The second-order valence-electron chi connectivity index (χ2n) is 3.63. The maximum atomic E-state index is 11.4. The van der Waals surface area contributed by atoms with Crippen LogP contribution in [-0.2, 0) is 9.09 Å². The van der Waals surface area contributed by atoms with E-state index in [1.54, 1.807) is 6.66 Å². The third-order valence-electron chi connectivity index (χ3n) is 1.07. The van der Waals surface area contributed by atoms with Crippen molar-refractivity contribution in [1.82, 2.24) is 0 Å². The molecule has 0 rings (SSSR count). The van der Waals surface area contributed by atoms with E-state index in [4.69, 9.17) is 4.52 Å². The standard InChI is InChI=1S/C6H17NO2P/c1-7(2,3)6-10(5,8)9-4/h6H2,1-5H3/q+1. The van der Waals surface area contributed by atoms with Crippen LogP contribution < -0.4 is 0 Å². The molecule has 0 amide bonds. The van der Waals surface area contributed by atoms with Gasteiger partial charge in [-0.3, -0.25) is 4.57 Å². The summed E-state index contributed by atoms with van der Waals surface area (Å²) in [6.07, 6.45) is 0.587. The van der Waals surface area contributed by atoms with Crippen LogP contribution in [0.2, 0.25) is 0 Å². The van der Waals surface area contributed by atoms with Crippen LogP contribution in [0.1, 0.15) is 0 Å². The molecular weight excluding hydrogens is 149 g/mol. The molecule has 1 unspecified atom stereocenters. The molecule has 0 aliphatic rings. The first-order chi connectivity index (χ1) is 4.27. The van der Waals surface area contributed by atoms with Crippen molar-refractivity contribution in [3.05, 3.63) is 0 Å². The number of hydrogen-bond acceptors (Lipinski definition) is 2. The van der Waals surface area contributed by atoms with E-state index in [2.05, 4.69) is 0 Å². The molecule has 0 bridgehead atoms. The van der Waals surface area contributed by atoms with Crippen molar-refractivity contribution in [2.45, 2.75) is 0 Å². The average Bonchev–Trinajstić information content (AvgIpc) is 1.60. The van der Waals surface area contributed by atoms with Crippen molar-refractivity contribution < 1.29 is 13.6 Å². The van der Waals surface area contributed by atoms with Crippen LogP contribution in [0.5, 0.6) is 0 Å². The van der Waals surface area contributed by atoms with Crippen molar-refractivity contribution in [3.63, 3.8) is 0 Å². The third-order valence-corrected chi connectivity index (χ3v) is 3.20. The average molecular weight is 166 g/mol. The Morgan fingerprint density at radius 2 is 1.80 bits per heavy atom. The zero-order chi connectivity index (χ0) is 8.41. The lowest BCUT2D eigenvalue weighted by molar-refractivity contribution is -0.858. The Labute approximate surface area is 63.0 Å². The van der Waals surface area contributed by atoms with E-state index >= 15 is 0 Å². The predicted molar refractivity (Wildman–Crippen MR) is 43.4 cm³/mol. The van der Waals surface area contributed by atoms with Gasteiger partial charge in [-0.1, -0.05) is 0 Å². The molecule has 3 nitrogen and oxygen atoms in total. The molecular formula is C6H17NO2P+. The molecule has 0 radical (unpaired) electrons. The van der Waals surface area contributed by atoms with Gasteiger partial charge in [0, 0.05) is 13.8 Å². The predicted octanol–water partition coefficient (Wildman–Crippen LogP) is 1.20. The molecule has 0 heterocycles. The highest BCUT2D eigenvalue weighted by molar-refractivity contribution is 7.57. The summed E-state index contributed by atoms with van der Waals surface area (Å²) in [7, 11) is 5.16. The highest BCUT2D eigenvalue weighted by atomic mass is 31.2. The van der Waals surface area contributed by atoms with Gasteiger partial charge < -0.3 is 9.01 Å². The molecule has 0 saturated heterocycles. The maximum Gasteiger partial charge on any atom is 0.252 e. The molecule has 4 heteroatoms. The Morgan fingerprint density at radius 3 is 1.90 bits per heavy atom. The van der Waals surface area contributed by atoms with Crippen LogP contribution in [0.25, 0.3) is 0 Å². The van der Waals surface area contributed by atoms with Crippen molar-refractivity contribution >= 4 is 7.37 Å². The molecule has 62 valence electrons. The second kappa shape index (κ2) is 3.04. The van der Waals surface area contributed by atoms with Crippen LogP contribution in [-0.4, -0.2) is 45.7 Å². The molecule has 0 aromatic rings. The van der Waals surface area contributed by atoms with Gasteiger partial charge in [0.25, 0.3) is 7.37 Å². The Bertz CT molecular complexity index is 150. The van der Waals surface area contributed by atoms with Crippen LogP contribution in [0.15, 0.2) is 0 Å². The number of rotatable bonds is 3. The van der Waals surface area contributed by atoms with Gasteiger partial charge in [-0.15, -0.1) is 0 Å². The van der Waals surface area contributed by atoms with E-state index in [1.165, 1.54) is 7.11 Å². The molecule has 1 atom stereocenters. The molecule has 10 heavy (non-hydrogen) atoms. The summed E-state index contributed by atoms with van der Waals surface area (Å²) in [5.74, 6) is 0. The highest BCUT2D eigenvalue weighted by Gasteiger charge is 2.23. The lowest BCUT2D eigenvalue weighted by Crippen LogP contribution is -2.35. The lowest BCUT2D eigenvalue weighted by atomic mass is 10.8. The van der Waals surface area contributed by atoms with Gasteiger partial charge in [0.1, 0.15) is 0 Å². The zero-order valence-corrected chi connectivity index (χ0v) is 8.31. The van der Waals surface area contributed by atoms with E-state index in [0.717, 1.165) is 0 Å². The summed E-state index contributed by atoms with van der Waals surface area (Å²) < 4.78 is 16.9. The highest BCUT2D eigenvalue weighted by Crippen LogP contribution is 2.42. The fourth-order valence-corrected chi connectivity index (χ4v) is 2.49. The van der Waals surface area contributed by atoms with Crippen molar-refractivity contribution in [1.29, 1.82) is 0 Å². The van der Waals surface area contributed by atoms with E-state index < -0.39 is 7.37 Å². The lowest BCUT2D eigenvalue weighted by Gasteiger charge is -2.26. The van der Waals surface area contributed by atoms with Gasteiger partial charge in [0.05, 0.1) is 21.1 Å². The van der Waals surface area contributed by atoms with E-state index in [0.29, 0.717) is 10.8 Å². The minimum absolute atomic E-state index is 0.587. The summed E-state index contributed by atoms with van der Waals surface area (Å²) >= 11 is 0. The summed E-state index contributed by atoms with van der Waals surface area (Å²) in [5, 5.41) is 0. The van der Waals surface area contributed by atoms with Crippen LogP contribution in [0.3, 0.4) is 0 Å². The Balaban J connectivity index is 4.03. The van der Waals surface area contributed by atoms with E-state index in [1.807, 2.05) is 21.1 Å².